The number of anilines is 2. The first-order chi connectivity index (χ1) is 18.1. The van der Waals surface area contributed by atoms with Crippen LogP contribution in [-0.2, 0) is 4.74 Å². The summed E-state index contributed by atoms with van der Waals surface area (Å²) in [5.41, 5.74) is 1.31. The number of ether oxygens (including phenoxy) is 4. The Morgan fingerprint density at radius 2 is 1.92 bits per heavy atom. The molecule has 1 aromatic heterocycles. The molecule has 1 N–H and O–H groups in total. The Morgan fingerprint density at radius 1 is 1.05 bits per heavy atom. The summed E-state index contributed by atoms with van der Waals surface area (Å²) < 4.78 is 23.1. The molecule has 0 spiro atoms. The minimum atomic E-state index is -0.0951. The lowest BCUT2D eigenvalue weighted by Crippen LogP contribution is -2.33. The number of benzene rings is 2. The van der Waals surface area contributed by atoms with Gasteiger partial charge in [-0.3, -0.25) is 4.90 Å². The fraction of sp³-hybridized carbons (Fsp3) is 0.481. The Hall–Kier alpha value is -2.52. The van der Waals surface area contributed by atoms with Crippen molar-refractivity contribution in [2.75, 3.05) is 51.9 Å². The van der Waals surface area contributed by atoms with Crippen LogP contribution in [0.1, 0.15) is 32.1 Å². The molecule has 0 radical (unpaired) electrons. The van der Waals surface area contributed by atoms with Gasteiger partial charge in [-0.1, -0.05) is 29.6 Å². The van der Waals surface area contributed by atoms with Gasteiger partial charge in [-0.2, -0.15) is 9.97 Å². The lowest BCUT2D eigenvalue weighted by molar-refractivity contribution is 0.00360. The molecule has 37 heavy (non-hydrogen) atoms. The van der Waals surface area contributed by atoms with E-state index in [2.05, 4.69) is 15.2 Å². The second kappa shape index (κ2) is 12.3. The molecule has 1 atom stereocenters. The van der Waals surface area contributed by atoms with E-state index in [1.54, 1.807) is 19.2 Å². The van der Waals surface area contributed by atoms with Crippen LogP contribution in [0, 0.1) is 0 Å². The summed E-state index contributed by atoms with van der Waals surface area (Å²) in [6, 6.07) is 9.46. The van der Waals surface area contributed by atoms with Gasteiger partial charge in [-0.05, 0) is 57.0 Å². The highest BCUT2D eigenvalue weighted by atomic mass is 35.5. The third-order valence-corrected chi connectivity index (χ3v) is 7.27. The zero-order valence-electron chi connectivity index (χ0n) is 21.0. The van der Waals surface area contributed by atoms with Crippen LogP contribution in [0.2, 0.25) is 10.0 Å². The van der Waals surface area contributed by atoms with Gasteiger partial charge in [0, 0.05) is 30.7 Å². The maximum Gasteiger partial charge on any atom is 0.319 e. The molecule has 0 aliphatic carbocycles. The largest absolute Gasteiger partial charge is 0.495 e. The van der Waals surface area contributed by atoms with Gasteiger partial charge >= 0.3 is 6.01 Å². The van der Waals surface area contributed by atoms with Crippen molar-refractivity contribution in [1.29, 1.82) is 0 Å². The summed E-state index contributed by atoms with van der Waals surface area (Å²) in [5.74, 6) is 1.82. The van der Waals surface area contributed by atoms with Gasteiger partial charge in [-0.25, -0.2) is 0 Å². The number of piperidine rings is 1. The van der Waals surface area contributed by atoms with Gasteiger partial charge in [-0.15, -0.1) is 0 Å². The van der Waals surface area contributed by atoms with Crippen molar-refractivity contribution < 1.29 is 18.9 Å². The molecule has 3 heterocycles. The first-order valence-corrected chi connectivity index (χ1v) is 13.6. The molecule has 8 nitrogen and oxygen atoms in total. The van der Waals surface area contributed by atoms with Crippen LogP contribution in [0.4, 0.5) is 11.5 Å². The van der Waals surface area contributed by atoms with Gasteiger partial charge < -0.3 is 24.3 Å². The number of hydrogen-bond donors (Lipinski definition) is 1. The Bertz CT molecular complexity index is 1220. The fourth-order valence-corrected chi connectivity index (χ4v) is 5.17. The van der Waals surface area contributed by atoms with Gasteiger partial charge in [0.25, 0.3) is 0 Å². The predicted octanol–water partition coefficient (Wildman–Crippen LogP) is 6.11. The fourth-order valence-electron chi connectivity index (χ4n) is 4.66. The number of aromatic nitrogens is 2. The first kappa shape index (κ1) is 26.1. The molecule has 2 fully saturated rings. The predicted molar refractivity (Wildman–Crippen MR) is 146 cm³/mol. The summed E-state index contributed by atoms with van der Waals surface area (Å²) in [4.78, 5) is 11.8. The van der Waals surface area contributed by atoms with Gasteiger partial charge in [0.2, 0.25) is 0 Å². The van der Waals surface area contributed by atoms with Crippen molar-refractivity contribution in [2.24, 2.45) is 0 Å². The van der Waals surface area contributed by atoms with Crippen LogP contribution >= 0.6 is 23.2 Å². The molecular weight excluding hydrogens is 515 g/mol. The normalized spacial score (nSPS) is 18.5. The lowest BCUT2D eigenvalue weighted by Gasteiger charge is -2.26. The number of likely N-dealkylation sites (tertiary alicyclic amines) is 1. The van der Waals surface area contributed by atoms with E-state index < -0.39 is 0 Å². The summed E-state index contributed by atoms with van der Waals surface area (Å²) >= 11 is 12.7. The average molecular weight is 547 g/mol. The SMILES string of the molecule is COc1cc(Nc2nc(OC3CCCOC3)nc3cc(OCCN4CCCCC4)ccc23)c(Cl)cc1Cl. The van der Waals surface area contributed by atoms with Crippen molar-refractivity contribution >= 4 is 45.6 Å². The van der Waals surface area contributed by atoms with Crippen LogP contribution in [0.15, 0.2) is 30.3 Å². The molecule has 2 aliphatic heterocycles. The topological polar surface area (TPSA) is 78.0 Å². The summed E-state index contributed by atoms with van der Waals surface area (Å²) in [7, 11) is 1.56. The zero-order chi connectivity index (χ0) is 25.6. The number of methoxy groups -OCH3 is 1. The van der Waals surface area contributed by atoms with Crippen molar-refractivity contribution in [3.8, 4) is 17.5 Å². The maximum atomic E-state index is 6.48. The second-order valence-corrected chi connectivity index (χ2v) is 10.1. The highest BCUT2D eigenvalue weighted by molar-refractivity contribution is 6.37. The summed E-state index contributed by atoms with van der Waals surface area (Å²) in [6.45, 7) is 5.11. The summed E-state index contributed by atoms with van der Waals surface area (Å²) in [6.07, 6.45) is 5.59. The Kier molecular flexibility index (Phi) is 8.71. The molecule has 0 saturated carbocycles. The third-order valence-electron chi connectivity index (χ3n) is 6.66. The van der Waals surface area contributed by atoms with Crippen LogP contribution in [-0.4, -0.2) is 67.5 Å². The third kappa shape index (κ3) is 6.68. The Labute approximate surface area is 227 Å². The minimum Gasteiger partial charge on any atom is -0.495 e. The Balaban J connectivity index is 1.41. The van der Waals surface area contributed by atoms with Crippen LogP contribution in [0.25, 0.3) is 10.9 Å². The van der Waals surface area contributed by atoms with E-state index in [0.29, 0.717) is 46.0 Å². The summed E-state index contributed by atoms with van der Waals surface area (Å²) in [5, 5.41) is 5.00. The number of fused-ring (bicyclic) bond motifs is 1. The molecule has 5 rings (SSSR count). The molecule has 1 unspecified atom stereocenters. The van der Waals surface area contributed by atoms with Crippen molar-refractivity contribution in [3.63, 3.8) is 0 Å². The molecule has 198 valence electrons. The standard InChI is InChI=1S/C27H32Cl2N4O4/c1-34-25-16-24(21(28)15-22(25)29)30-26-20-8-7-18(36-13-11-33-9-3-2-4-10-33)14-23(20)31-27(32-26)37-19-6-5-12-35-17-19/h7-8,14-16,19H,2-6,9-13,17H2,1H3,(H,30,31,32). The van der Waals surface area contributed by atoms with Crippen LogP contribution < -0.4 is 19.5 Å². The van der Waals surface area contributed by atoms with Crippen molar-refractivity contribution in [2.45, 2.75) is 38.2 Å². The van der Waals surface area contributed by atoms with E-state index in [9.17, 15) is 0 Å². The molecule has 10 heteroatoms. The first-order valence-electron chi connectivity index (χ1n) is 12.8. The molecule has 3 aromatic rings. The van der Waals surface area contributed by atoms with E-state index >= 15 is 0 Å². The molecular formula is C27H32Cl2N4O4. The van der Waals surface area contributed by atoms with Gasteiger partial charge in [0.15, 0.2) is 0 Å². The minimum absolute atomic E-state index is 0.0951. The van der Waals surface area contributed by atoms with E-state index in [1.807, 2.05) is 18.2 Å². The van der Waals surface area contributed by atoms with Gasteiger partial charge in [0.1, 0.15) is 30.0 Å². The molecule has 0 amide bonds. The zero-order valence-corrected chi connectivity index (χ0v) is 22.5. The van der Waals surface area contributed by atoms with E-state index in [1.165, 1.54) is 19.3 Å². The van der Waals surface area contributed by atoms with Crippen LogP contribution in [0.5, 0.6) is 17.5 Å². The lowest BCUT2D eigenvalue weighted by atomic mass is 10.1. The van der Waals surface area contributed by atoms with E-state index in [0.717, 1.165) is 50.2 Å². The highest BCUT2D eigenvalue weighted by Gasteiger charge is 2.19. The highest BCUT2D eigenvalue weighted by Crippen LogP contribution is 2.37. The van der Waals surface area contributed by atoms with E-state index in [4.69, 9.17) is 47.1 Å². The monoisotopic (exact) mass is 546 g/mol. The number of nitrogens with one attached hydrogen (secondary N) is 1. The quantitative estimate of drug-likeness (QED) is 0.344. The van der Waals surface area contributed by atoms with Crippen molar-refractivity contribution in [1.82, 2.24) is 14.9 Å². The van der Waals surface area contributed by atoms with Gasteiger partial charge in [0.05, 0.1) is 35.0 Å². The molecule has 2 saturated heterocycles. The number of rotatable bonds is 9. The Morgan fingerprint density at radius 3 is 2.70 bits per heavy atom. The second-order valence-electron chi connectivity index (χ2n) is 9.33. The smallest absolute Gasteiger partial charge is 0.319 e. The molecule has 0 bridgehead atoms. The molecule has 2 aromatic carbocycles. The van der Waals surface area contributed by atoms with Crippen molar-refractivity contribution in [3.05, 3.63) is 40.4 Å². The average Bonchev–Trinajstić information content (AvgIpc) is 2.91. The number of nitrogens with zero attached hydrogens (tertiary/aromatic N) is 3. The number of hydrogen-bond acceptors (Lipinski definition) is 8. The maximum absolute atomic E-state index is 6.48. The molecule has 2 aliphatic rings. The van der Waals surface area contributed by atoms with Crippen LogP contribution in [0.3, 0.4) is 0 Å². The van der Waals surface area contributed by atoms with E-state index in [-0.39, 0.29) is 12.1 Å². The number of halogens is 2.